The normalized spacial score (nSPS) is 38.4. The summed E-state index contributed by atoms with van der Waals surface area (Å²) in [5.74, 6) is 0. The minimum atomic E-state index is -2.36. The molecule has 0 aliphatic carbocycles. The number of rotatable bonds is 2. The molecule has 0 atom stereocenters. The van der Waals surface area contributed by atoms with E-state index in [1.54, 1.807) is 0 Å². The van der Waals surface area contributed by atoms with Crippen molar-refractivity contribution in [1.82, 2.24) is 0 Å². The number of aliphatic hydroxyl groups excluding tert-OH is 1. The molecule has 1 N–H and O–H groups in total. The van der Waals surface area contributed by atoms with Gasteiger partial charge in [-0.1, -0.05) is 0 Å². The van der Waals surface area contributed by atoms with Crippen molar-refractivity contribution >= 4 is 15.7 Å². The fourth-order valence-corrected chi connectivity index (χ4v) is 6.93. The Morgan fingerprint density at radius 1 is 1.45 bits per heavy atom. The first-order valence-corrected chi connectivity index (χ1v) is 9.18. The molecule has 0 spiro atoms. The summed E-state index contributed by atoms with van der Waals surface area (Å²) in [6.45, 7) is 6.03. The van der Waals surface area contributed by atoms with E-state index in [0.29, 0.717) is 12.3 Å². The standard InChI is InChI=1S/C6H15O3PSi/c1-11(2,3)9-10(8)4-6(7)5-10/h6-7H,4-5H2,1-3H3. The maximum Gasteiger partial charge on any atom is 0.198 e. The molecule has 0 aromatic rings. The second-order valence-corrected chi connectivity index (χ2v) is 11.4. The molecule has 0 radical (unpaired) electrons. The smallest absolute Gasteiger partial charge is 0.198 e. The Bertz CT molecular complexity index is 188. The van der Waals surface area contributed by atoms with Crippen LogP contribution in [0.25, 0.3) is 0 Å². The van der Waals surface area contributed by atoms with Crippen LogP contribution in [0.5, 0.6) is 0 Å². The monoisotopic (exact) mass is 194 g/mol. The highest BCUT2D eigenvalue weighted by molar-refractivity contribution is 7.62. The van der Waals surface area contributed by atoms with E-state index < -0.39 is 15.7 Å². The summed E-state index contributed by atoms with van der Waals surface area (Å²) in [6.07, 6.45) is 0.367. The third-order valence-electron chi connectivity index (χ3n) is 1.42. The van der Waals surface area contributed by atoms with Gasteiger partial charge in [-0.15, -0.1) is 0 Å². The van der Waals surface area contributed by atoms with Gasteiger partial charge in [-0.05, 0) is 19.6 Å². The van der Waals surface area contributed by atoms with Crippen LogP contribution >= 0.6 is 7.37 Å². The van der Waals surface area contributed by atoms with E-state index in [1.807, 2.05) is 19.6 Å². The highest BCUT2D eigenvalue weighted by Crippen LogP contribution is 2.57. The van der Waals surface area contributed by atoms with Crippen molar-refractivity contribution in [3.8, 4) is 0 Å². The first-order chi connectivity index (χ1) is 4.81. The average molecular weight is 194 g/mol. The Hall–Kier alpha value is 0.367. The Morgan fingerprint density at radius 3 is 2.18 bits per heavy atom. The molecule has 1 saturated heterocycles. The molecule has 0 saturated carbocycles. The van der Waals surface area contributed by atoms with Gasteiger partial charge in [0.15, 0.2) is 15.7 Å². The van der Waals surface area contributed by atoms with Gasteiger partial charge < -0.3 is 9.32 Å². The van der Waals surface area contributed by atoms with Gasteiger partial charge in [-0.25, -0.2) is 0 Å². The molecule has 66 valence electrons. The van der Waals surface area contributed by atoms with Gasteiger partial charge in [-0.3, -0.25) is 4.57 Å². The predicted molar refractivity (Wildman–Crippen MR) is 47.8 cm³/mol. The summed E-state index contributed by atoms with van der Waals surface area (Å²) in [6, 6.07) is 0. The second kappa shape index (κ2) is 2.70. The molecule has 1 rings (SSSR count). The third kappa shape index (κ3) is 2.71. The first-order valence-electron chi connectivity index (χ1n) is 3.78. The topological polar surface area (TPSA) is 46.5 Å². The van der Waals surface area contributed by atoms with Crippen molar-refractivity contribution in [2.24, 2.45) is 0 Å². The van der Waals surface area contributed by atoms with Crippen LogP contribution < -0.4 is 0 Å². The minimum absolute atomic E-state index is 0.372. The highest BCUT2D eigenvalue weighted by Gasteiger charge is 2.42. The fourth-order valence-electron chi connectivity index (χ4n) is 1.16. The third-order valence-corrected chi connectivity index (χ3v) is 6.90. The lowest BCUT2D eigenvalue weighted by atomic mass is 10.5. The quantitative estimate of drug-likeness (QED) is 0.535. The van der Waals surface area contributed by atoms with Crippen LogP contribution in [-0.2, 0) is 8.78 Å². The molecule has 1 aliphatic rings. The summed E-state index contributed by atoms with van der Waals surface area (Å²) < 4.78 is 17.0. The Morgan fingerprint density at radius 2 is 1.91 bits per heavy atom. The van der Waals surface area contributed by atoms with Crippen molar-refractivity contribution < 1.29 is 13.9 Å². The summed E-state index contributed by atoms with van der Waals surface area (Å²) >= 11 is 0. The number of aliphatic hydroxyl groups is 1. The van der Waals surface area contributed by atoms with Crippen LogP contribution in [0.15, 0.2) is 0 Å². The fraction of sp³-hybridized carbons (Fsp3) is 1.00. The van der Waals surface area contributed by atoms with Crippen molar-refractivity contribution in [2.45, 2.75) is 25.7 Å². The van der Waals surface area contributed by atoms with Gasteiger partial charge in [0, 0.05) is 0 Å². The first kappa shape index (κ1) is 9.45. The summed E-state index contributed by atoms with van der Waals surface area (Å²) in [5.41, 5.74) is 0. The lowest BCUT2D eigenvalue weighted by Crippen LogP contribution is -2.36. The van der Waals surface area contributed by atoms with E-state index in [2.05, 4.69) is 0 Å². The molecule has 5 heteroatoms. The second-order valence-electron chi connectivity index (χ2n) is 4.04. The Labute approximate surface area is 68.3 Å². The predicted octanol–water partition coefficient (Wildman–Crippen LogP) is 1.49. The molecule has 1 heterocycles. The summed E-state index contributed by atoms with van der Waals surface area (Å²) in [5, 5.41) is 8.94. The zero-order chi connectivity index (χ0) is 8.70. The molecular formula is C6H15O3PSi. The van der Waals surface area contributed by atoms with Gasteiger partial charge in [-0.2, -0.15) is 0 Å². The Kier molecular flexibility index (Phi) is 2.32. The molecule has 1 aliphatic heterocycles. The van der Waals surface area contributed by atoms with Crippen LogP contribution in [0, 0.1) is 0 Å². The molecule has 3 nitrogen and oxygen atoms in total. The van der Waals surface area contributed by atoms with E-state index in [4.69, 9.17) is 9.32 Å². The molecule has 0 unspecified atom stereocenters. The molecular weight excluding hydrogens is 179 g/mol. The molecule has 0 aromatic carbocycles. The number of hydrogen-bond donors (Lipinski definition) is 1. The zero-order valence-corrected chi connectivity index (χ0v) is 9.10. The van der Waals surface area contributed by atoms with Crippen LogP contribution in [0.4, 0.5) is 0 Å². The Balaban J connectivity index is 2.45. The maximum absolute atomic E-state index is 11.5. The summed E-state index contributed by atoms with van der Waals surface area (Å²) in [7, 11) is -4.02. The lowest BCUT2D eigenvalue weighted by Gasteiger charge is -2.35. The molecule has 0 aromatic heterocycles. The molecule has 0 amide bonds. The summed E-state index contributed by atoms with van der Waals surface area (Å²) in [4.78, 5) is 0. The average Bonchev–Trinajstić information content (AvgIpc) is 1.53. The SMILES string of the molecule is C[Si](C)(C)OP1(=O)CC(O)C1. The molecule has 1 fully saturated rings. The van der Waals surface area contributed by atoms with Gasteiger partial charge in [0.1, 0.15) is 0 Å². The van der Waals surface area contributed by atoms with E-state index in [1.165, 1.54) is 0 Å². The van der Waals surface area contributed by atoms with Crippen molar-refractivity contribution in [1.29, 1.82) is 0 Å². The van der Waals surface area contributed by atoms with E-state index in [9.17, 15) is 4.57 Å². The lowest BCUT2D eigenvalue weighted by molar-refractivity contribution is 0.193. The van der Waals surface area contributed by atoms with E-state index in [-0.39, 0.29) is 6.10 Å². The van der Waals surface area contributed by atoms with Crippen molar-refractivity contribution in [3.63, 3.8) is 0 Å². The molecule has 11 heavy (non-hydrogen) atoms. The van der Waals surface area contributed by atoms with Crippen LogP contribution in [-0.4, -0.2) is 31.9 Å². The van der Waals surface area contributed by atoms with Gasteiger partial charge in [0.25, 0.3) is 0 Å². The van der Waals surface area contributed by atoms with Gasteiger partial charge >= 0.3 is 0 Å². The van der Waals surface area contributed by atoms with Gasteiger partial charge in [0.2, 0.25) is 0 Å². The largest absolute Gasteiger partial charge is 0.392 e. The van der Waals surface area contributed by atoms with Crippen LogP contribution in [0.3, 0.4) is 0 Å². The zero-order valence-electron chi connectivity index (χ0n) is 7.20. The van der Waals surface area contributed by atoms with Crippen LogP contribution in [0.1, 0.15) is 0 Å². The van der Waals surface area contributed by atoms with Crippen LogP contribution in [0.2, 0.25) is 19.6 Å². The highest BCUT2D eigenvalue weighted by atomic mass is 31.2. The minimum Gasteiger partial charge on any atom is -0.392 e. The number of hydrogen-bond acceptors (Lipinski definition) is 3. The molecule has 0 bridgehead atoms. The van der Waals surface area contributed by atoms with Crippen molar-refractivity contribution in [3.05, 3.63) is 0 Å². The van der Waals surface area contributed by atoms with Gasteiger partial charge in [0.05, 0.1) is 18.4 Å². The van der Waals surface area contributed by atoms with E-state index >= 15 is 0 Å². The maximum atomic E-state index is 11.5. The van der Waals surface area contributed by atoms with Crippen molar-refractivity contribution in [2.75, 3.05) is 12.3 Å². The van der Waals surface area contributed by atoms with E-state index in [0.717, 1.165) is 0 Å².